The molecule has 3 N–H and O–H groups in total. The van der Waals surface area contributed by atoms with Crippen molar-refractivity contribution in [2.24, 2.45) is 0 Å². The number of carbonyl (C=O) groups excluding carboxylic acids is 1. The van der Waals surface area contributed by atoms with Crippen molar-refractivity contribution >= 4 is 13.7 Å². The summed E-state index contributed by atoms with van der Waals surface area (Å²) in [6.07, 6.45) is 66.4. The molecule has 9 heteroatoms. The van der Waals surface area contributed by atoms with Gasteiger partial charge < -0.3 is 19.8 Å². The quantitative estimate of drug-likeness (QED) is 0.0243. The summed E-state index contributed by atoms with van der Waals surface area (Å²) in [4.78, 5) is 23.2. The second-order valence-electron chi connectivity index (χ2n) is 18.5. The first-order chi connectivity index (χ1) is 31.5. The summed E-state index contributed by atoms with van der Waals surface area (Å²) in [5.41, 5.74) is 0. The minimum absolute atomic E-state index is 0.0506. The summed E-state index contributed by atoms with van der Waals surface area (Å²) in [6.45, 7) is 4.65. The van der Waals surface area contributed by atoms with E-state index in [0.717, 1.165) is 83.5 Å². The maximum Gasteiger partial charge on any atom is 0.472 e. The lowest BCUT2D eigenvalue weighted by molar-refractivity contribution is -0.870. The Hall–Kier alpha value is -2.58. The number of likely N-dealkylation sites (N-methyl/N-ethyl adjacent to an activating group) is 1. The minimum Gasteiger partial charge on any atom is -0.387 e. The van der Waals surface area contributed by atoms with E-state index >= 15 is 0 Å². The largest absolute Gasteiger partial charge is 0.472 e. The maximum atomic E-state index is 12.9. The van der Waals surface area contributed by atoms with Gasteiger partial charge in [-0.15, -0.1) is 0 Å². The van der Waals surface area contributed by atoms with Crippen molar-refractivity contribution in [2.75, 3.05) is 40.9 Å². The monoisotopic (exact) mass is 928 g/mol. The molecule has 8 nitrogen and oxygen atoms in total. The first-order valence-corrected chi connectivity index (χ1v) is 27.6. The van der Waals surface area contributed by atoms with Crippen LogP contribution in [-0.4, -0.2) is 73.4 Å². The summed E-state index contributed by atoms with van der Waals surface area (Å²) >= 11 is 0. The molecule has 0 aromatic heterocycles. The molecule has 0 fully saturated rings. The minimum atomic E-state index is -4.36. The van der Waals surface area contributed by atoms with Crippen molar-refractivity contribution in [3.8, 4) is 0 Å². The number of nitrogens with one attached hydrogen (secondary N) is 1. The van der Waals surface area contributed by atoms with Crippen LogP contribution in [0.3, 0.4) is 0 Å². The van der Waals surface area contributed by atoms with Gasteiger partial charge in [-0.3, -0.25) is 13.8 Å². The fourth-order valence-electron chi connectivity index (χ4n) is 6.94. The highest BCUT2D eigenvalue weighted by molar-refractivity contribution is 7.47. The number of nitrogens with zero attached hydrogens (tertiary/aromatic N) is 1. The molecule has 0 aromatic rings. The van der Waals surface area contributed by atoms with Gasteiger partial charge in [0.15, 0.2) is 0 Å². The molecular weight excluding hydrogens is 828 g/mol. The third-order valence-corrected chi connectivity index (χ3v) is 12.0. The lowest BCUT2D eigenvalue weighted by atomic mass is 10.0. The van der Waals surface area contributed by atoms with Crippen LogP contribution in [0.1, 0.15) is 200 Å². The van der Waals surface area contributed by atoms with Crippen molar-refractivity contribution in [1.29, 1.82) is 0 Å². The van der Waals surface area contributed by atoms with E-state index in [1.54, 1.807) is 6.08 Å². The molecule has 0 rings (SSSR count). The predicted octanol–water partition coefficient (Wildman–Crippen LogP) is 15.5. The highest BCUT2D eigenvalue weighted by Gasteiger charge is 2.27. The van der Waals surface area contributed by atoms with Gasteiger partial charge in [-0.2, -0.15) is 0 Å². The van der Waals surface area contributed by atoms with Gasteiger partial charge in [0.2, 0.25) is 5.91 Å². The molecule has 3 unspecified atom stereocenters. The highest BCUT2D eigenvalue weighted by Crippen LogP contribution is 2.43. The number of carbonyl (C=O) groups is 1. The number of phosphoric ester groups is 1. The fraction of sp³-hybridized carbons (Fsp3) is 0.696. The highest BCUT2D eigenvalue weighted by atomic mass is 31.2. The average molecular weight is 928 g/mol. The number of hydrogen-bond donors (Lipinski definition) is 3. The van der Waals surface area contributed by atoms with Crippen LogP contribution in [-0.2, 0) is 18.4 Å². The molecule has 0 radical (unpaired) electrons. The molecule has 65 heavy (non-hydrogen) atoms. The Balaban J connectivity index is 4.26. The molecule has 374 valence electrons. The number of unbranched alkanes of at least 4 members (excludes halogenated alkanes) is 19. The molecule has 0 spiro atoms. The number of amides is 1. The number of phosphoric acid groups is 1. The molecule has 0 heterocycles. The third kappa shape index (κ3) is 49.2. The van der Waals surface area contributed by atoms with Crippen LogP contribution in [0.15, 0.2) is 97.2 Å². The third-order valence-electron chi connectivity index (χ3n) is 11.0. The molecule has 3 atom stereocenters. The fourth-order valence-corrected chi connectivity index (χ4v) is 7.68. The first-order valence-electron chi connectivity index (χ1n) is 26.1. The second-order valence-corrected chi connectivity index (χ2v) is 20.0. The van der Waals surface area contributed by atoms with E-state index in [2.05, 4.69) is 104 Å². The summed E-state index contributed by atoms with van der Waals surface area (Å²) in [5.74, 6) is -0.197. The average Bonchev–Trinajstić information content (AvgIpc) is 3.26. The van der Waals surface area contributed by atoms with Crippen LogP contribution in [0, 0.1) is 0 Å². The normalized spacial score (nSPS) is 14.9. The van der Waals surface area contributed by atoms with Gasteiger partial charge in [-0.05, 0) is 83.5 Å². The summed E-state index contributed by atoms with van der Waals surface area (Å²) in [7, 11) is 1.54. The molecule has 0 aliphatic carbocycles. The maximum absolute atomic E-state index is 12.9. The van der Waals surface area contributed by atoms with Crippen LogP contribution >= 0.6 is 7.82 Å². The summed E-state index contributed by atoms with van der Waals surface area (Å²) in [5, 5.41) is 13.8. The number of hydrogen-bond acceptors (Lipinski definition) is 5. The van der Waals surface area contributed by atoms with E-state index in [9.17, 15) is 19.4 Å². The van der Waals surface area contributed by atoms with Gasteiger partial charge in [-0.1, -0.05) is 207 Å². The van der Waals surface area contributed by atoms with E-state index in [0.29, 0.717) is 17.4 Å². The summed E-state index contributed by atoms with van der Waals surface area (Å²) < 4.78 is 23.6. The van der Waals surface area contributed by atoms with Crippen molar-refractivity contribution in [3.63, 3.8) is 0 Å². The lowest BCUT2D eigenvalue weighted by Crippen LogP contribution is -2.45. The smallest absolute Gasteiger partial charge is 0.387 e. The van der Waals surface area contributed by atoms with Gasteiger partial charge in [0.1, 0.15) is 13.2 Å². The SMILES string of the molecule is CC/C=C\C/C=C\C/C=C\C/C=C\C/C=C\C/C=C\CCCCCCCCCCCCC(=O)NC(COP(=O)(O)OCC[N+](C)(C)C)C(O)/C=C/CC/C=C/CCCCCCCCCC. The molecule has 0 aliphatic rings. The van der Waals surface area contributed by atoms with E-state index in [1.807, 2.05) is 27.2 Å². The number of rotatable bonds is 46. The van der Waals surface area contributed by atoms with E-state index in [1.165, 1.54) is 96.3 Å². The molecule has 1 amide bonds. The van der Waals surface area contributed by atoms with E-state index < -0.39 is 20.0 Å². The number of quaternary nitrogens is 1. The second kappa shape index (κ2) is 46.5. The van der Waals surface area contributed by atoms with Gasteiger partial charge in [0.05, 0.1) is 39.9 Å². The van der Waals surface area contributed by atoms with Crippen LogP contribution in [0.25, 0.3) is 0 Å². The molecule has 0 saturated carbocycles. The molecule has 0 bridgehead atoms. The van der Waals surface area contributed by atoms with Crippen molar-refractivity contribution in [3.05, 3.63) is 97.2 Å². The van der Waals surface area contributed by atoms with Crippen molar-refractivity contribution < 1.29 is 32.9 Å². The van der Waals surface area contributed by atoms with Gasteiger partial charge >= 0.3 is 7.82 Å². The van der Waals surface area contributed by atoms with E-state index in [4.69, 9.17) is 9.05 Å². The Morgan fingerprint density at radius 3 is 1.42 bits per heavy atom. The molecular formula is C56H100N2O6P+. The Morgan fingerprint density at radius 2 is 0.938 bits per heavy atom. The number of allylic oxidation sites excluding steroid dienone is 15. The predicted molar refractivity (Wildman–Crippen MR) is 281 cm³/mol. The van der Waals surface area contributed by atoms with E-state index in [-0.39, 0.29) is 19.1 Å². The Labute approximate surface area is 400 Å². The number of aliphatic hydroxyl groups is 1. The lowest BCUT2D eigenvalue weighted by Gasteiger charge is -2.25. The van der Waals surface area contributed by atoms with Crippen LogP contribution < -0.4 is 5.32 Å². The van der Waals surface area contributed by atoms with Gasteiger partial charge in [0, 0.05) is 6.42 Å². The van der Waals surface area contributed by atoms with Crippen molar-refractivity contribution in [2.45, 2.75) is 212 Å². The standard InChI is InChI=1S/C56H99N2O6P/c1-6-8-10-12-14-16-18-20-22-23-24-25-26-27-28-29-30-31-32-33-34-35-36-38-40-42-44-46-48-50-56(60)57-54(53-64-65(61,62)63-52-51-58(3,4)5)55(59)49-47-45-43-41-39-37-21-19-17-15-13-11-9-7-2/h8,10,14,16,20,22,24-25,27-28,30-31,39,41,47,49,54-55,59H,6-7,9,11-13,15,17-19,21,23,26,29,32-38,40,42-46,48,50-53H2,1-5H3,(H-,57,60,61,62)/p+1/b10-8-,16-14-,22-20-,25-24-,28-27-,31-30-,41-39+,49-47+. The molecule has 0 aliphatic heterocycles. The first kappa shape index (κ1) is 62.4. The van der Waals surface area contributed by atoms with Crippen molar-refractivity contribution in [1.82, 2.24) is 5.32 Å². The topological polar surface area (TPSA) is 105 Å². The molecule has 0 aromatic carbocycles. The van der Waals surface area contributed by atoms with Crippen LogP contribution in [0.5, 0.6) is 0 Å². The van der Waals surface area contributed by atoms with Crippen LogP contribution in [0.4, 0.5) is 0 Å². The zero-order chi connectivity index (χ0) is 47.8. The number of aliphatic hydroxyl groups excluding tert-OH is 1. The van der Waals surface area contributed by atoms with Gasteiger partial charge in [-0.25, -0.2) is 4.57 Å². The Kier molecular flexibility index (Phi) is 44.7. The Morgan fingerprint density at radius 1 is 0.538 bits per heavy atom. The van der Waals surface area contributed by atoms with Crippen LogP contribution in [0.2, 0.25) is 0 Å². The molecule has 0 saturated heterocycles. The Bertz CT molecular complexity index is 1370. The van der Waals surface area contributed by atoms with Gasteiger partial charge in [0.25, 0.3) is 0 Å². The zero-order valence-corrected chi connectivity index (χ0v) is 43.3. The zero-order valence-electron chi connectivity index (χ0n) is 42.4. The summed E-state index contributed by atoms with van der Waals surface area (Å²) in [6, 6.07) is -0.871.